The first-order valence-corrected chi connectivity index (χ1v) is 9.36. The molecule has 0 spiro atoms. The minimum absolute atomic E-state index is 0.0427. The van der Waals surface area contributed by atoms with Crippen molar-refractivity contribution < 1.29 is 18.7 Å². The number of benzene rings is 2. The van der Waals surface area contributed by atoms with Gasteiger partial charge in [-0.25, -0.2) is 4.39 Å². The molecule has 1 aliphatic heterocycles. The maximum Gasteiger partial charge on any atom is 0.248 e. The average molecular weight is 384 g/mol. The monoisotopic (exact) mass is 384 g/mol. The summed E-state index contributed by atoms with van der Waals surface area (Å²) in [6, 6.07) is 14.2. The van der Waals surface area contributed by atoms with Gasteiger partial charge >= 0.3 is 0 Å². The van der Waals surface area contributed by atoms with Crippen molar-refractivity contribution in [1.29, 1.82) is 0 Å². The van der Waals surface area contributed by atoms with Crippen LogP contribution in [-0.4, -0.2) is 43.5 Å². The van der Waals surface area contributed by atoms with Crippen LogP contribution in [0.1, 0.15) is 18.4 Å². The van der Waals surface area contributed by atoms with Crippen LogP contribution in [0.15, 0.2) is 48.5 Å². The van der Waals surface area contributed by atoms with E-state index >= 15 is 0 Å². The lowest BCUT2D eigenvalue weighted by atomic mass is 9.73. The van der Waals surface area contributed by atoms with Gasteiger partial charge in [-0.15, -0.1) is 0 Å². The fourth-order valence-corrected chi connectivity index (χ4v) is 3.80. The molecule has 148 valence electrons. The molecular weight excluding hydrogens is 359 g/mol. The molecule has 2 aromatic rings. The van der Waals surface area contributed by atoms with Gasteiger partial charge in [0.15, 0.2) is 0 Å². The second-order valence-corrected chi connectivity index (χ2v) is 7.31. The number of carbonyl (C=O) groups is 2. The predicted octanol–water partition coefficient (Wildman–Crippen LogP) is 2.78. The lowest BCUT2D eigenvalue weighted by molar-refractivity contribution is -0.141. The Balaban J connectivity index is 1.73. The number of nitrogens with two attached hydrogens (primary N) is 1. The van der Waals surface area contributed by atoms with Crippen molar-refractivity contribution >= 4 is 11.8 Å². The Bertz CT molecular complexity index is 843. The number of halogens is 1. The highest BCUT2D eigenvalue weighted by Crippen LogP contribution is 2.35. The Morgan fingerprint density at radius 3 is 2.32 bits per heavy atom. The van der Waals surface area contributed by atoms with Gasteiger partial charge in [-0.3, -0.25) is 9.59 Å². The lowest BCUT2D eigenvalue weighted by Gasteiger charge is -2.39. The van der Waals surface area contributed by atoms with E-state index < -0.39 is 5.41 Å². The number of methoxy groups -OCH3 is 1. The number of hydrogen-bond donors (Lipinski definition) is 1. The molecule has 0 atom stereocenters. The zero-order valence-corrected chi connectivity index (χ0v) is 16.0. The number of hydrogen-bond acceptors (Lipinski definition) is 3. The standard InChI is InChI=1S/C22H25FN2O3/c1-28-15-20(26)25-12-10-22(11-13-25,21(24)27)14-16-6-8-17(9-7-16)18-4-2-3-5-19(18)23/h2-9H,10-15H2,1H3,(H2,24,27). The molecule has 28 heavy (non-hydrogen) atoms. The van der Waals surface area contributed by atoms with Crippen molar-refractivity contribution in [3.05, 3.63) is 59.9 Å². The zero-order valence-electron chi connectivity index (χ0n) is 16.0. The quantitative estimate of drug-likeness (QED) is 0.832. The molecule has 2 aromatic carbocycles. The highest BCUT2D eigenvalue weighted by Gasteiger charge is 2.40. The van der Waals surface area contributed by atoms with E-state index in [1.165, 1.54) is 13.2 Å². The van der Waals surface area contributed by atoms with Crippen molar-refractivity contribution in [3.63, 3.8) is 0 Å². The summed E-state index contributed by atoms with van der Waals surface area (Å²) in [6.07, 6.45) is 1.55. The Kier molecular flexibility index (Phi) is 6.09. The number of carbonyl (C=O) groups excluding carboxylic acids is 2. The van der Waals surface area contributed by atoms with Gasteiger partial charge in [-0.05, 0) is 36.5 Å². The fourth-order valence-electron chi connectivity index (χ4n) is 3.80. The zero-order chi connectivity index (χ0) is 20.1. The van der Waals surface area contributed by atoms with E-state index in [2.05, 4.69) is 0 Å². The topological polar surface area (TPSA) is 72.6 Å². The van der Waals surface area contributed by atoms with Crippen LogP contribution >= 0.6 is 0 Å². The number of ether oxygens (including phenoxy) is 1. The van der Waals surface area contributed by atoms with Crippen LogP contribution in [0, 0.1) is 11.2 Å². The highest BCUT2D eigenvalue weighted by molar-refractivity contribution is 5.82. The maximum atomic E-state index is 14.0. The normalized spacial score (nSPS) is 16.0. The number of nitrogens with zero attached hydrogens (tertiary/aromatic N) is 1. The molecule has 1 fully saturated rings. The summed E-state index contributed by atoms with van der Waals surface area (Å²) < 4.78 is 18.9. The van der Waals surface area contributed by atoms with E-state index in [0.717, 1.165) is 11.1 Å². The van der Waals surface area contributed by atoms with Gasteiger partial charge in [0.1, 0.15) is 12.4 Å². The lowest BCUT2D eigenvalue weighted by Crippen LogP contribution is -2.50. The van der Waals surface area contributed by atoms with Crippen LogP contribution in [0.4, 0.5) is 4.39 Å². The minimum atomic E-state index is -0.677. The minimum Gasteiger partial charge on any atom is -0.375 e. The molecular formula is C22H25FN2O3. The molecule has 0 aromatic heterocycles. The first-order valence-electron chi connectivity index (χ1n) is 9.36. The second-order valence-electron chi connectivity index (χ2n) is 7.31. The first-order chi connectivity index (χ1) is 13.4. The first kappa shape index (κ1) is 20.0. The van der Waals surface area contributed by atoms with Crippen LogP contribution in [0.2, 0.25) is 0 Å². The summed E-state index contributed by atoms with van der Waals surface area (Å²) in [7, 11) is 1.49. The van der Waals surface area contributed by atoms with Crippen LogP contribution in [0.25, 0.3) is 11.1 Å². The largest absolute Gasteiger partial charge is 0.375 e. The maximum absolute atomic E-state index is 14.0. The number of rotatable bonds is 6. The van der Waals surface area contributed by atoms with Crippen LogP contribution in [0.3, 0.4) is 0 Å². The molecule has 1 saturated heterocycles. The van der Waals surface area contributed by atoms with Crippen LogP contribution < -0.4 is 5.73 Å². The molecule has 2 amide bonds. The molecule has 2 N–H and O–H groups in total. The van der Waals surface area contributed by atoms with Crippen molar-refractivity contribution in [2.24, 2.45) is 11.1 Å². The fraction of sp³-hybridized carbons (Fsp3) is 0.364. The number of amides is 2. The Morgan fingerprint density at radius 2 is 1.75 bits per heavy atom. The smallest absolute Gasteiger partial charge is 0.248 e. The summed E-state index contributed by atoms with van der Waals surface area (Å²) in [5, 5.41) is 0. The molecule has 6 heteroatoms. The van der Waals surface area contributed by atoms with Crippen LogP contribution in [0.5, 0.6) is 0 Å². The van der Waals surface area contributed by atoms with Crippen molar-refractivity contribution in [1.82, 2.24) is 4.90 Å². The molecule has 0 unspecified atom stereocenters. The molecule has 0 aliphatic carbocycles. The van der Waals surface area contributed by atoms with Gasteiger partial charge in [0.2, 0.25) is 11.8 Å². The Hall–Kier alpha value is -2.73. The van der Waals surface area contributed by atoms with E-state index in [4.69, 9.17) is 10.5 Å². The number of piperidine rings is 1. The number of primary amides is 1. The summed E-state index contributed by atoms with van der Waals surface area (Å²) in [4.78, 5) is 26.0. The van der Waals surface area contributed by atoms with E-state index in [-0.39, 0.29) is 24.2 Å². The molecule has 0 bridgehead atoms. The van der Waals surface area contributed by atoms with E-state index in [1.807, 2.05) is 24.3 Å². The van der Waals surface area contributed by atoms with Gasteiger partial charge in [-0.2, -0.15) is 0 Å². The second kappa shape index (κ2) is 8.52. The molecule has 5 nitrogen and oxygen atoms in total. The summed E-state index contributed by atoms with van der Waals surface area (Å²) in [5.41, 5.74) is 7.38. The van der Waals surface area contributed by atoms with E-state index in [1.54, 1.807) is 23.1 Å². The van der Waals surface area contributed by atoms with Crippen molar-refractivity contribution in [2.45, 2.75) is 19.3 Å². The van der Waals surface area contributed by atoms with Gasteiger partial charge in [0, 0.05) is 25.8 Å². The summed E-state index contributed by atoms with van der Waals surface area (Å²) >= 11 is 0. The molecule has 1 aliphatic rings. The average Bonchev–Trinajstić information content (AvgIpc) is 2.70. The van der Waals surface area contributed by atoms with Crippen molar-refractivity contribution in [3.8, 4) is 11.1 Å². The van der Waals surface area contributed by atoms with Crippen LogP contribution in [-0.2, 0) is 20.7 Å². The van der Waals surface area contributed by atoms with Gasteiger partial charge in [0.25, 0.3) is 0 Å². The predicted molar refractivity (Wildman–Crippen MR) is 105 cm³/mol. The Morgan fingerprint density at radius 1 is 1.11 bits per heavy atom. The molecule has 0 radical (unpaired) electrons. The summed E-state index contributed by atoms with van der Waals surface area (Å²) in [5.74, 6) is -0.684. The highest BCUT2D eigenvalue weighted by atomic mass is 19.1. The van der Waals surface area contributed by atoms with Gasteiger partial charge < -0.3 is 15.4 Å². The SMILES string of the molecule is COCC(=O)N1CCC(Cc2ccc(-c3ccccc3F)cc2)(C(N)=O)CC1. The number of likely N-dealkylation sites (tertiary alicyclic amines) is 1. The van der Waals surface area contributed by atoms with E-state index in [9.17, 15) is 14.0 Å². The summed E-state index contributed by atoms with van der Waals surface area (Å²) in [6.45, 7) is 1.01. The van der Waals surface area contributed by atoms with E-state index in [0.29, 0.717) is 37.9 Å². The Labute approximate surface area is 164 Å². The van der Waals surface area contributed by atoms with Gasteiger partial charge in [-0.1, -0.05) is 42.5 Å². The van der Waals surface area contributed by atoms with Gasteiger partial charge in [0.05, 0.1) is 5.41 Å². The third kappa shape index (κ3) is 4.22. The van der Waals surface area contributed by atoms with Crippen molar-refractivity contribution in [2.75, 3.05) is 26.8 Å². The molecule has 0 saturated carbocycles. The third-order valence-corrected chi connectivity index (χ3v) is 5.55. The molecule has 1 heterocycles. The third-order valence-electron chi connectivity index (χ3n) is 5.55. The molecule has 3 rings (SSSR count).